The van der Waals surface area contributed by atoms with E-state index in [2.05, 4.69) is 17.2 Å². The number of hydrogen-bond donors (Lipinski definition) is 1. The van der Waals surface area contributed by atoms with Crippen LogP contribution in [0.15, 0.2) is 24.5 Å². The lowest BCUT2D eigenvalue weighted by atomic mass is 10.00. The molecule has 1 fully saturated rings. The summed E-state index contributed by atoms with van der Waals surface area (Å²) in [6, 6.07) is 3.59. The topological polar surface area (TPSA) is 45.2 Å². The van der Waals surface area contributed by atoms with Gasteiger partial charge in [0.15, 0.2) is 0 Å². The number of hydrogen-bond acceptors (Lipinski definition) is 2. The summed E-state index contributed by atoms with van der Waals surface area (Å²) in [7, 11) is 0. The molecule has 4 nitrogen and oxygen atoms in total. The molecular weight excluding hydrogens is 202 g/mol. The summed E-state index contributed by atoms with van der Waals surface area (Å²) in [5, 5.41) is 2.87. The van der Waals surface area contributed by atoms with Crippen LogP contribution >= 0.6 is 0 Å². The van der Waals surface area contributed by atoms with Gasteiger partial charge in [0.25, 0.3) is 0 Å². The molecule has 0 radical (unpaired) electrons. The van der Waals surface area contributed by atoms with Crippen LogP contribution in [0.1, 0.15) is 19.8 Å². The number of piperidine rings is 1. The van der Waals surface area contributed by atoms with Gasteiger partial charge in [-0.3, -0.25) is 4.98 Å². The minimum atomic E-state index is -0.00176. The van der Waals surface area contributed by atoms with Crippen molar-refractivity contribution in [2.45, 2.75) is 19.8 Å². The highest BCUT2D eigenvalue weighted by molar-refractivity contribution is 5.89. The van der Waals surface area contributed by atoms with Crippen LogP contribution in [-0.2, 0) is 0 Å². The lowest BCUT2D eigenvalue weighted by Gasteiger charge is -2.30. The molecule has 1 saturated heterocycles. The maximum absolute atomic E-state index is 11.9. The Labute approximate surface area is 95.7 Å². The van der Waals surface area contributed by atoms with Crippen LogP contribution in [0.3, 0.4) is 0 Å². The molecule has 4 heteroatoms. The third-order valence-corrected chi connectivity index (χ3v) is 3.00. The Kier molecular flexibility index (Phi) is 3.39. The predicted molar refractivity (Wildman–Crippen MR) is 63.2 cm³/mol. The van der Waals surface area contributed by atoms with Gasteiger partial charge < -0.3 is 10.2 Å². The highest BCUT2D eigenvalue weighted by Crippen LogP contribution is 2.16. The zero-order valence-corrected chi connectivity index (χ0v) is 9.52. The molecule has 0 aromatic carbocycles. The van der Waals surface area contributed by atoms with Crippen LogP contribution in [0, 0.1) is 5.92 Å². The Morgan fingerprint density at radius 2 is 2.00 bits per heavy atom. The SMILES string of the molecule is CC1CCN(C(=O)Nc2ccncc2)CC1. The number of urea groups is 1. The van der Waals surface area contributed by atoms with E-state index in [4.69, 9.17) is 0 Å². The van der Waals surface area contributed by atoms with Crippen molar-refractivity contribution in [1.29, 1.82) is 0 Å². The number of aromatic nitrogens is 1. The van der Waals surface area contributed by atoms with Gasteiger partial charge in [0.1, 0.15) is 0 Å². The van der Waals surface area contributed by atoms with Crippen molar-refractivity contribution >= 4 is 11.7 Å². The Hall–Kier alpha value is -1.58. The minimum Gasteiger partial charge on any atom is -0.325 e. The van der Waals surface area contributed by atoms with Crippen LogP contribution in [0.5, 0.6) is 0 Å². The van der Waals surface area contributed by atoms with Gasteiger partial charge >= 0.3 is 6.03 Å². The van der Waals surface area contributed by atoms with Gasteiger partial charge in [0, 0.05) is 31.2 Å². The summed E-state index contributed by atoms with van der Waals surface area (Å²) in [5.41, 5.74) is 0.804. The predicted octanol–water partition coefficient (Wildman–Crippen LogP) is 2.35. The average molecular weight is 219 g/mol. The Bertz CT molecular complexity index is 345. The fraction of sp³-hybridized carbons (Fsp3) is 0.500. The van der Waals surface area contributed by atoms with E-state index in [1.54, 1.807) is 24.5 Å². The molecule has 1 aromatic heterocycles. The summed E-state index contributed by atoms with van der Waals surface area (Å²) in [4.78, 5) is 17.7. The number of amides is 2. The first kappa shape index (κ1) is 10.9. The summed E-state index contributed by atoms with van der Waals surface area (Å²) < 4.78 is 0. The van der Waals surface area contributed by atoms with Crippen molar-refractivity contribution in [3.8, 4) is 0 Å². The Balaban J connectivity index is 1.89. The molecule has 0 aliphatic carbocycles. The van der Waals surface area contributed by atoms with Gasteiger partial charge in [-0.2, -0.15) is 0 Å². The molecule has 0 spiro atoms. The molecule has 2 heterocycles. The molecule has 2 rings (SSSR count). The lowest BCUT2D eigenvalue weighted by molar-refractivity contribution is 0.186. The first-order valence-electron chi connectivity index (χ1n) is 5.71. The molecule has 16 heavy (non-hydrogen) atoms. The van der Waals surface area contributed by atoms with E-state index in [0.717, 1.165) is 37.5 Å². The quantitative estimate of drug-likeness (QED) is 0.788. The van der Waals surface area contributed by atoms with Crippen LogP contribution in [-0.4, -0.2) is 29.0 Å². The molecule has 2 amide bonds. The highest BCUT2D eigenvalue weighted by atomic mass is 16.2. The average Bonchev–Trinajstić information content (AvgIpc) is 2.31. The lowest BCUT2D eigenvalue weighted by Crippen LogP contribution is -2.40. The number of carbonyl (C=O) groups is 1. The monoisotopic (exact) mass is 219 g/mol. The van der Waals surface area contributed by atoms with Crippen molar-refractivity contribution in [2.75, 3.05) is 18.4 Å². The van der Waals surface area contributed by atoms with E-state index in [9.17, 15) is 4.79 Å². The molecule has 1 aliphatic rings. The van der Waals surface area contributed by atoms with E-state index in [1.807, 2.05) is 4.90 Å². The molecule has 0 bridgehead atoms. The largest absolute Gasteiger partial charge is 0.325 e. The molecule has 0 unspecified atom stereocenters. The Morgan fingerprint density at radius 1 is 1.38 bits per heavy atom. The number of carbonyl (C=O) groups excluding carboxylic acids is 1. The second-order valence-electron chi connectivity index (χ2n) is 4.34. The minimum absolute atomic E-state index is 0.00176. The molecule has 0 atom stereocenters. The summed E-state index contributed by atoms with van der Waals surface area (Å²) >= 11 is 0. The number of nitrogens with zero attached hydrogens (tertiary/aromatic N) is 2. The maximum Gasteiger partial charge on any atom is 0.321 e. The molecular formula is C12H17N3O. The number of rotatable bonds is 1. The van der Waals surface area contributed by atoms with Gasteiger partial charge in [-0.05, 0) is 30.9 Å². The van der Waals surface area contributed by atoms with Crippen LogP contribution in [0.25, 0.3) is 0 Å². The van der Waals surface area contributed by atoms with Crippen LogP contribution in [0.4, 0.5) is 10.5 Å². The number of pyridine rings is 1. The van der Waals surface area contributed by atoms with Crippen molar-refractivity contribution in [2.24, 2.45) is 5.92 Å². The van der Waals surface area contributed by atoms with Gasteiger partial charge in [0.05, 0.1) is 0 Å². The third kappa shape index (κ3) is 2.72. The second-order valence-corrected chi connectivity index (χ2v) is 4.34. The zero-order valence-electron chi connectivity index (χ0n) is 9.52. The fourth-order valence-electron chi connectivity index (χ4n) is 1.85. The van der Waals surface area contributed by atoms with E-state index < -0.39 is 0 Å². The highest BCUT2D eigenvalue weighted by Gasteiger charge is 2.19. The first-order valence-corrected chi connectivity index (χ1v) is 5.71. The summed E-state index contributed by atoms with van der Waals surface area (Å²) in [5.74, 6) is 0.741. The maximum atomic E-state index is 11.9. The van der Waals surface area contributed by atoms with E-state index >= 15 is 0 Å². The molecule has 0 saturated carbocycles. The van der Waals surface area contributed by atoms with E-state index in [1.165, 1.54) is 0 Å². The number of likely N-dealkylation sites (tertiary alicyclic amines) is 1. The van der Waals surface area contributed by atoms with Crippen molar-refractivity contribution < 1.29 is 4.79 Å². The van der Waals surface area contributed by atoms with E-state index in [0.29, 0.717) is 0 Å². The zero-order chi connectivity index (χ0) is 11.4. The van der Waals surface area contributed by atoms with E-state index in [-0.39, 0.29) is 6.03 Å². The van der Waals surface area contributed by atoms with Crippen LogP contribution < -0.4 is 5.32 Å². The second kappa shape index (κ2) is 4.96. The van der Waals surface area contributed by atoms with Gasteiger partial charge in [-0.15, -0.1) is 0 Å². The smallest absolute Gasteiger partial charge is 0.321 e. The number of nitrogens with one attached hydrogen (secondary N) is 1. The van der Waals surface area contributed by atoms with Gasteiger partial charge in [0.2, 0.25) is 0 Å². The summed E-state index contributed by atoms with van der Waals surface area (Å²) in [6.45, 7) is 3.95. The van der Waals surface area contributed by atoms with Crippen molar-refractivity contribution in [1.82, 2.24) is 9.88 Å². The summed E-state index contributed by atoms with van der Waals surface area (Å²) in [6.07, 6.45) is 5.55. The van der Waals surface area contributed by atoms with Gasteiger partial charge in [-0.1, -0.05) is 6.92 Å². The third-order valence-electron chi connectivity index (χ3n) is 3.00. The first-order chi connectivity index (χ1) is 7.75. The molecule has 1 aliphatic heterocycles. The molecule has 1 N–H and O–H groups in total. The molecule has 86 valence electrons. The normalized spacial score (nSPS) is 17.2. The molecule has 1 aromatic rings. The van der Waals surface area contributed by atoms with Crippen molar-refractivity contribution in [3.05, 3.63) is 24.5 Å². The standard InChI is InChI=1S/C12H17N3O/c1-10-4-8-15(9-5-10)12(16)14-11-2-6-13-7-3-11/h2-3,6-7,10H,4-5,8-9H2,1H3,(H,13,14,16). The Morgan fingerprint density at radius 3 is 2.62 bits per heavy atom. The number of anilines is 1. The van der Waals surface area contributed by atoms with Crippen molar-refractivity contribution in [3.63, 3.8) is 0 Å². The van der Waals surface area contributed by atoms with Crippen LogP contribution in [0.2, 0.25) is 0 Å². The van der Waals surface area contributed by atoms with Gasteiger partial charge in [-0.25, -0.2) is 4.79 Å². The fourth-order valence-corrected chi connectivity index (χ4v) is 1.85.